The molecule has 0 radical (unpaired) electrons. The lowest BCUT2D eigenvalue weighted by molar-refractivity contribution is -0.135. The molecule has 0 N–H and O–H groups in total. The molecule has 0 aliphatic carbocycles. The summed E-state index contributed by atoms with van der Waals surface area (Å²) in [5, 5.41) is 9.46. The zero-order valence-electron chi connectivity index (χ0n) is 18.7. The quantitative estimate of drug-likeness (QED) is 0.517. The number of hydrogen-bond acceptors (Lipinski definition) is 9. The number of aryl methyl sites for hydroxylation is 1. The van der Waals surface area contributed by atoms with Crippen molar-refractivity contribution in [2.24, 2.45) is 5.92 Å². The lowest BCUT2D eigenvalue weighted by atomic mass is 9.95. The molecule has 1 fully saturated rings. The van der Waals surface area contributed by atoms with Crippen molar-refractivity contribution in [3.8, 4) is 17.7 Å². The van der Waals surface area contributed by atoms with E-state index in [4.69, 9.17) is 18.0 Å². The van der Waals surface area contributed by atoms with Gasteiger partial charge in [0.05, 0.1) is 19.9 Å². The van der Waals surface area contributed by atoms with Gasteiger partial charge in [-0.15, -0.1) is 0 Å². The second-order valence-electron chi connectivity index (χ2n) is 7.89. The number of oxazole rings is 1. The molecular weight excluding hydrogens is 428 g/mol. The molecule has 4 rings (SSSR count). The third kappa shape index (κ3) is 4.48. The molecule has 0 aromatic carbocycles. The number of esters is 1. The number of piperidine rings is 1. The molecule has 3 aromatic rings. The van der Waals surface area contributed by atoms with Crippen molar-refractivity contribution in [2.75, 3.05) is 32.1 Å². The fourth-order valence-corrected chi connectivity index (χ4v) is 3.99. The van der Waals surface area contributed by atoms with Gasteiger partial charge < -0.3 is 27.8 Å². The highest BCUT2D eigenvalue weighted by molar-refractivity contribution is 5.90. The molecule has 1 saturated heterocycles. The number of anilines is 1. The molecule has 1 aliphatic heterocycles. The molecule has 0 saturated carbocycles. The van der Waals surface area contributed by atoms with E-state index in [0.29, 0.717) is 54.7 Å². The van der Waals surface area contributed by atoms with E-state index in [2.05, 4.69) is 11.1 Å². The Balaban J connectivity index is 1.37. The van der Waals surface area contributed by atoms with E-state index in [-0.39, 0.29) is 30.0 Å². The number of ether oxygens (including phenoxy) is 1. The zero-order valence-corrected chi connectivity index (χ0v) is 18.7. The first-order chi connectivity index (χ1) is 15.9. The summed E-state index contributed by atoms with van der Waals surface area (Å²) in [6.45, 7) is 3.05. The van der Waals surface area contributed by atoms with Crippen LogP contribution in [0.3, 0.4) is 0 Å². The second-order valence-corrected chi connectivity index (χ2v) is 7.89. The maximum atomic E-state index is 13.0. The molecular formula is C23H24N4O6. The Morgan fingerprint density at radius 3 is 2.73 bits per heavy atom. The van der Waals surface area contributed by atoms with E-state index in [0.717, 1.165) is 0 Å². The van der Waals surface area contributed by atoms with E-state index in [9.17, 15) is 14.9 Å². The van der Waals surface area contributed by atoms with Crippen LogP contribution < -0.4 is 4.90 Å². The smallest absolute Gasteiger partial charge is 0.341 e. The number of rotatable bonds is 6. The number of furan rings is 2. The first kappa shape index (κ1) is 22.2. The van der Waals surface area contributed by atoms with Gasteiger partial charge in [-0.05, 0) is 38.0 Å². The van der Waals surface area contributed by atoms with Crippen molar-refractivity contribution in [1.82, 2.24) is 9.88 Å². The summed E-state index contributed by atoms with van der Waals surface area (Å²) in [5.41, 5.74) is 0.550. The molecule has 10 heteroatoms. The van der Waals surface area contributed by atoms with Gasteiger partial charge in [0.15, 0.2) is 5.76 Å². The van der Waals surface area contributed by atoms with Crippen molar-refractivity contribution >= 4 is 17.8 Å². The van der Waals surface area contributed by atoms with Crippen LogP contribution >= 0.6 is 0 Å². The highest BCUT2D eigenvalue weighted by atomic mass is 16.5. The predicted octanol–water partition coefficient (Wildman–Crippen LogP) is 3.37. The molecule has 0 spiro atoms. The summed E-state index contributed by atoms with van der Waals surface area (Å²) in [7, 11) is 3.02. The minimum absolute atomic E-state index is 0.00216. The van der Waals surface area contributed by atoms with E-state index in [1.54, 1.807) is 37.1 Å². The summed E-state index contributed by atoms with van der Waals surface area (Å²) in [6, 6.07) is 7.11. The lowest BCUT2D eigenvalue weighted by Gasteiger charge is -2.32. The number of carbonyl (C=O) groups excluding carboxylic acids is 2. The second kappa shape index (κ2) is 9.24. The molecule has 4 heterocycles. The van der Waals surface area contributed by atoms with Crippen LogP contribution in [0.1, 0.15) is 40.4 Å². The molecule has 10 nitrogen and oxygen atoms in total. The summed E-state index contributed by atoms with van der Waals surface area (Å²) in [6.07, 6.45) is 2.73. The first-order valence-electron chi connectivity index (χ1n) is 10.5. The largest absolute Gasteiger partial charge is 0.465 e. The minimum atomic E-state index is -0.469. The van der Waals surface area contributed by atoms with E-state index < -0.39 is 5.97 Å². The van der Waals surface area contributed by atoms with Gasteiger partial charge in [0.2, 0.25) is 17.5 Å². The van der Waals surface area contributed by atoms with Gasteiger partial charge in [-0.3, -0.25) is 4.79 Å². The molecule has 0 bridgehead atoms. The summed E-state index contributed by atoms with van der Waals surface area (Å²) in [5.74, 6) is 1.44. The van der Waals surface area contributed by atoms with Crippen LogP contribution in [0, 0.1) is 24.2 Å². The van der Waals surface area contributed by atoms with Crippen LogP contribution in [-0.2, 0) is 16.1 Å². The number of nitrogens with zero attached hydrogens (tertiary/aromatic N) is 4. The molecule has 1 amide bonds. The van der Waals surface area contributed by atoms with Crippen LogP contribution in [-0.4, -0.2) is 49.0 Å². The Labute approximate surface area is 190 Å². The van der Waals surface area contributed by atoms with Crippen LogP contribution in [0.15, 0.2) is 37.7 Å². The Bertz CT molecular complexity index is 1180. The van der Waals surface area contributed by atoms with Crippen LogP contribution in [0.5, 0.6) is 0 Å². The molecule has 0 unspecified atom stereocenters. The molecule has 33 heavy (non-hydrogen) atoms. The summed E-state index contributed by atoms with van der Waals surface area (Å²) < 4.78 is 21.5. The summed E-state index contributed by atoms with van der Waals surface area (Å²) >= 11 is 0. The standard InChI is InChI=1S/C23H24N4O6/c1-14-17(23(29)30-3)11-16(32-14)13-26(2)21(28)15-6-8-27(9-7-15)22-18(12-24)25-20(33-22)19-5-4-10-31-19/h4-5,10-11,15H,6-9,13H2,1-3H3. The van der Waals surface area contributed by atoms with Crippen molar-refractivity contribution in [1.29, 1.82) is 5.26 Å². The highest BCUT2D eigenvalue weighted by Gasteiger charge is 2.31. The average Bonchev–Trinajstić information content (AvgIpc) is 3.57. The van der Waals surface area contributed by atoms with E-state index in [1.165, 1.54) is 13.4 Å². The lowest BCUT2D eigenvalue weighted by Crippen LogP contribution is -2.41. The van der Waals surface area contributed by atoms with Gasteiger partial charge in [-0.1, -0.05) is 0 Å². The van der Waals surface area contributed by atoms with Gasteiger partial charge in [-0.2, -0.15) is 10.2 Å². The van der Waals surface area contributed by atoms with Gasteiger partial charge in [0.25, 0.3) is 5.89 Å². The highest BCUT2D eigenvalue weighted by Crippen LogP contribution is 2.31. The Morgan fingerprint density at radius 1 is 1.33 bits per heavy atom. The normalized spacial score (nSPS) is 14.2. The van der Waals surface area contributed by atoms with Crippen molar-refractivity contribution < 1.29 is 27.6 Å². The van der Waals surface area contributed by atoms with Gasteiger partial charge in [0, 0.05) is 26.1 Å². The number of aromatic nitrogens is 1. The number of hydrogen-bond donors (Lipinski definition) is 0. The molecule has 172 valence electrons. The topological polar surface area (TPSA) is 126 Å². The van der Waals surface area contributed by atoms with Crippen LogP contribution in [0.25, 0.3) is 11.7 Å². The number of carbonyl (C=O) groups is 2. The van der Waals surface area contributed by atoms with Crippen LogP contribution in [0.2, 0.25) is 0 Å². The van der Waals surface area contributed by atoms with Crippen molar-refractivity contribution in [3.05, 3.63) is 47.2 Å². The minimum Gasteiger partial charge on any atom is -0.465 e. The molecule has 1 aliphatic rings. The maximum absolute atomic E-state index is 13.0. The Hall–Kier alpha value is -4.00. The predicted molar refractivity (Wildman–Crippen MR) is 115 cm³/mol. The average molecular weight is 452 g/mol. The molecule has 3 aromatic heterocycles. The number of amides is 1. The fraction of sp³-hybridized carbons (Fsp3) is 0.391. The van der Waals surface area contributed by atoms with Crippen LogP contribution in [0.4, 0.5) is 5.88 Å². The van der Waals surface area contributed by atoms with E-state index >= 15 is 0 Å². The summed E-state index contributed by atoms with van der Waals surface area (Å²) in [4.78, 5) is 32.5. The third-order valence-electron chi connectivity index (χ3n) is 5.72. The fourth-order valence-electron chi connectivity index (χ4n) is 3.99. The Morgan fingerprint density at radius 2 is 2.09 bits per heavy atom. The first-order valence-corrected chi connectivity index (χ1v) is 10.5. The zero-order chi connectivity index (χ0) is 23.5. The number of nitriles is 1. The number of methoxy groups -OCH3 is 1. The Kier molecular flexibility index (Phi) is 6.22. The molecule has 0 atom stereocenters. The maximum Gasteiger partial charge on any atom is 0.341 e. The van der Waals surface area contributed by atoms with Gasteiger partial charge in [-0.25, -0.2) is 4.79 Å². The van der Waals surface area contributed by atoms with Gasteiger partial charge in [0.1, 0.15) is 23.2 Å². The van der Waals surface area contributed by atoms with E-state index in [1.807, 2.05) is 4.90 Å². The third-order valence-corrected chi connectivity index (χ3v) is 5.72. The SMILES string of the molecule is COC(=O)c1cc(CN(C)C(=O)C2CCN(c3oc(-c4ccco4)nc3C#N)CC2)oc1C. The van der Waals surface area contributed by atoms with Crippen molar-refractivity contribution in [3.63, 3.8) is 0 Å². The monoisotopic (exact) mass is 452 g/mol. The van der Waals surface area contributed by atoms with Gasteiger partial charge >= 0.3 is 5.97 Å². The van der Waals surface area contributed by atoms with Crippen molar-refractivity contribution in [2.45, 2.75) is 26.3 Å².